The molecule has 0 unspecified atom stereocenters. The summed E-state index contributed by atoms with van der Waals surface area (Å²) in [5.74, 6) is -1.88. The van der Waals surface area contributed by atoms with Gasteiger partial charge in [0.05, 0.1) is 18.0 Å². The molecule has 0 aliphatic carbocycles. The minimum Gasteiger partial charge on any atom is -0.491 e. The van der Waals surface area contributed by atoms with E-state index < -0.39 is 29.8 Å². The molecule has 3 aromatic carbocycles. The first-order valence-electron chi connectivity index (χ1n) is 14.6. The lowest BCUT2D eigenvalue weighted by Crippen LogP contribution is -2.54. The number of benzene rings is 3. The lowest BCUT2D eigenvalue weighted by Gasteiger charge is -2.30. The molecule has 10 heteroatoms. The predicted octanol–water partition coefficient (Wildman–Crippen LogP) is 2.78. The van der Waals surface area contributed by atoms with Gasteiger partial charge in [0.1, 0.15) is 30.3 Å². The molecule has 3 N–H and O–H groups in total. The third kappa shape index (κ3) is 7.77. The summed E-state index contributed by atoms with van der Waals surface area (Å²) in [6.45, 7) is 0.939. The number of amides is 4. The molecule has 9 nitrogen and oxygen atoms in total. The Morgan fingerprint density at radius 1 is 0.930 bits per heavy atom. The van der Waals surface area contributed by atoms with Crippen molar-refractivity contribution in [2.75, 3.05) is 19.7 Å². The van der Waals surface area contributed by atoms with Crippen molar-refractivity contribution in [1.82, 2.24) is 20.9 Å². The molecule has 5 rings (SSSR count). The highest BCUT2D eigenvalue weighted by Gasteiger charge is 2.36. The number of carbonyl (C=O) groups is 4. The Balaban J connectivity index is 1.39. The van der Waals surface area contributed by atoms with Crippen LogP contribution in [0.4, 0.5) is 4.39 Å². The third-order valence-electron chi connectivity index (χ3n) is 7.78. The number of nitrogens with zero attached hydrogens (tertiary/aromatic N) is 1. The summed E-state index contributed by atoms with van der Waals surface area (Å²) < 4.78 is 19.3. The summed E-state index contributed by atoms with van der Waals surface area (Å²) in [6, 6.07) is 19.8. The van der Waals surface area contributed by atoms with Gasteiger partial charge in [0.2, 0.25) is 17.7 Å². The average molecular weight is 587 g/mol. The van der Waals surface area contributed by atoms with Crippen LogP contribution in [0.5, 0.6) is 5.75 Å². The molecule has 2 aliphatic rings. The molecule has 1 fully saturated rings. The summed E-state index contributed by atoms with van der Waals surface area (Å²) in [6.07, 6.45) is 1.87. The maximum atomic E-state index is 13.8. The first kappa shape index (κ1) is 29.8. The fourth-order valence-corrected chi connectivity index (χ4v) is 5.50. The number of hydrogen-bond donors (Lipinski definition) is 3. The first-order chi connectivity index (χ1) is 20.9. The van der Waals surface area contributed by atoms with Gasteiger partial charge in [0.25, 0.3) is 5.91 Å². The van der Waals surface area contributed by atoms with E-state index in [1.165, 1.54) is 12.1 Å². The van der Waals surface area contributed by atoms with Crippen LogP contribution in [0.15, 0.2) is 78.9 Å². The maximum absolute atomic E-state index is 13.8. The van der Waals surface area contributed by atoms with Gasteiger partial charge in [-0.3, -0.25) is 19.2 Å². The molecule has 2 heterocycles. The summed E-state index contributed by atoms with van der Waals surface area (Å²) >= 11 is 0. The zero-order valence-electron chi connectivity index (χ0n) is 23.8. The zero-order valence-corrected chi connectivity index (χ0v) is 23.8. The van der Waals surface area contributed by atoms with E-state index in [1.54, 1.807) is 41.3 Å². The molecule has 0 radical (unpaired) electrons. The molecule has 0 bridgehead atoms. The largest absolute Gasteiger partial charge is 0.491 e. The monoisotopic (exact) mass is 586 g/mol. The Bertz CT molecular complexity index is 1450. The topological polar surface area (TPSA) is 117 Å². The number of hydrogen-bond acceptors (Lipinski definition) is 5. The second kappa shape index (κ2) is 14.0. The second-order valence-electron chi connectivity index (χ2n) is 10.8. The van der Waals surface area contributed by atoms with Gasteiger partial charge in [-0.1, -0.05) is 54.6 Å². The van der Waals surface area contributed by atoms with Gasteiger partial charge in [-0.15, -0.1) is 0 Å². The van der Waals surface area contributed by atoms with Crippen LogP contribution in [-0.4, -0.2) is 66.4 Å². The van der Waals surface area contributed by atoms with Crippen molar-refractivity contribution in [3.8, 4) is 5.75 Å². The quantitative estimate of drug-likeness (QED) is 0.411. The molecule has 0 saturated carbocycles. The van der Waals surface area contributed by atoms with Crippen molar-refractivity contribution < 1.29 is 28.3 Å². The Morgan fingerprint density at radius 3 is 2.47 bits per heavy atom. The molecule has 3 atom stereocenters. The minimum absolute atomic E-state index is 0.190. The summed E-state index contributed by atoms with van der Waals surface area (Å²) in [5.41, 5.74) is 1.93. The molecule has 1 saturated heterocycles. The maximum Gasteiger partial charge on any atom is 0.255 e. The van der Waals surface area contributed by atoms with Crippen molar-refractivity contribution in [2.45, 2.75) is 50.2 Å². The fourth-order valence-electron chi connectivity index (χ4n) is 5.50. The van der Waals surface area contributed by atoms with E-state index in [4.69, 9.17) is 4.74 Å². The van der Waals surface area contributed by atoms with Crippen molar-refractivity contribution in [3.05, 3.63) is 101 Å². The molecule has 43 heavy (non-hydrogen) atoms. The van der Waals surface area contributed by atoms with Crippen LogP contribution in [0.3, 0.4) is 0 Å². The van der Waals surface area contributed by atoms with E-state index >= 15 is 0 Å². The third-order valence-corrected chi connectivity index (χ3v) is 7.78. The molecule has 0 aromatic heterocycles. The highest BCUT2D eigenvalue weighted by atomic mass is 19.1. The molecule has 3 aromatic rings. The standard InChI is InChI=1S/C33H35FN4O5/c34-24-14-12-22(13-15-24)16-17-35-32(41)27-20-30(39)36-28(19-23-7-2-1-3-8-23)33(42)38-18-6-9-25(38)21-43-29-11-5-4-10-26(29)31(40)37-27/h1-5,7-8,10-15,25,27-28H,6,9,16-21H2,(H,35,41)(H,36,39)(H,37,40)/t25-,27+,28+/m1/s1. The Morgan fingerprint density at radius 2 is 1.67 bits per heavy atom. The van der Waals surface area contributed by atoms with Crippen LogP contribution in [0.1, 0.15) is 40.7 Å². The van der Waals surface area contributed by atoms with Crippen LogP contribution in [-0.2, 0) is 27.2 Å². The number of para-hydroxylation sites is 1. The van der Waals surface area contributed by atoms with Gasteiger partial charge in [-0.2, -0.15) is 0 Å². The normalized spacial score (nSPS) is 21.0. The van der Waals surface area contributed by atoms with Gasteiger partial charge < -0.3 is 25.6 Å². The Kier molecular flexibility index (Phi) is 9.66. The second-order valence-corrected chi connectivity index (χ2v) is 10.8. The number of halogens is 1. The fraction of sp³-hybridized carbons (Fsp3) is 0.333. The van der Waals surface area contributed by atoms with Crippen molar-refractivity contribution >= 4 is 23.6 Å². The Hall–Kier alpha value is -4.73. The summed E-state index contributed by atoms with van der Waals surface area (Å²) in [7, 11) is 0. The molecular formula is C33H35FN4O5. The Labute approximate surface area is 249 Å². The minimum atomic E-state index is -1.22. The highest BCUT2D eigenvalue weighted by molar-refractivity contribution is 6.01. The molecule has 2 aliphatic heterocycles. The van der Waals surface area contributed by atoms with E-state index in [9.17, 15) is 23.6 Å². The smallest absolute Gasteiger partial charge is 0.255 e. The lowest BCUT2D eigenvalue weighted by atomic mass is 10.0. The highest BCUT2D eigenvalue weighted by Crippen LogP contribution is 2.24. The van der Waals surface area contributed by atoms with Crippen LogP contribution in [0.25, 0.3) is 0 Å². The van der Waals surface area contributed by atoms with Gasteiger partial charge in [0.15, 0.2) is 0 Å². The van der Waals surface area contributed by atoms with E-state index in [0.717, 1.165) is 24.0 Å². The first-order valence-corrected chi connectivity index (χ1v) is 14.6. The molecule has 224 valence electrons. The van der Waals surface area contributed by atoms with Crippen molar-refractivity contribution in [2.24, 2.45) is 0 Å². The van der Waals surface area contributed by atoms with Gasteiger partial charge in [-0.05, 0) is 54.7 Å². The number of rotatable bonds is 6. The van der Waals surface area contributed by atoms with E-state index in [1.807, 2.05) is 30.3 Å². The van der Waals surface area contributed by atoms with Crippen molar-refractivity contribution in [1.29, 1.82) is 0 Å². The summed E-state index contributed by atoms with van der Waals surface area (Å²) in [5, 5.41) is 8.32. The molecule has 0 spiro atoms. The number of carbonyl (C=O) groups excluding carboxylic acids is 4. The summed E-state index contributed by atoms with van der Waals surface area (Å²) in [4.78, 5) is 55.7. The lowest BCUT2D eigenvalue weighted by molar-refractivity contribution is -0.138. The van der Waals surface area contributed by atoms with Crippen molar-refractivity contribution in [3.63, 3.8) is 0 Å². The predicted molar refractivity (Wildman–Crippen MR) is 158 cm³/mol. The number of fused-ring (bicyclic) bond motifs is 2. The van der Waals surface area contributed by atoms with Gasteiger partial charge >= 0.3 is 0 Å². The number of nitrogens with one attached hydrogen (secondary N) is 3. The van der Waals surface area contributed by atoms with Gasteiger partial charge in [0, 0.05) is 19.5 Å². The zero-order chi connectivity index (χ0) is 30.2. The van der Waals surface area contributed by atoms with Crippen LogP contribution < -0.4 is 20.7 Å². The van der Waals surface area contributed by atoms with E-state index in [0.29, 0.717) is 18.7 Å². The van der Waals surface area contributed by atoms with E-state index in [-0.39, 0.29) is 49.3 Å². The molecule has 4 amide bonds. The van der Waals surface area contributed by atoms with Gasteiger partial charge in [-0.25, -0.2) is 4.39 Å². The van der Waals surface area contributed by atoms with Crippen LogP contribution in [0, 0.1) is 5.82 Å². The average Bonchev–Trinajstić information content (AvgIpc) is 3.49. The van der Waals surface area contributed by atoms with Crippen LogP contribution in [0.2, 0.25) is 0 Å². The van der Waals surface area contributed by atoms with E-state index in [2.05, 4.69) is 16.0 Å². The SMILES string of the molecule is O=C1C[C@@H](C(=O)NCCc2ccc(F)cc2)NC(=O)c2ccccc2OC[C@H]2CCCN2C(=O)[C@H](Cc2ccccc2)N1. The number of ether oxygens (including phenoxy) is 1. The van der Waals surface area contributed by atoms with Crippen LogP contribution >= 0.6 is 0 Å². The molecular weight excluding hydrogens is 551 g/mol.